The van der Waals surface area contributed by atoms with Crippen LogP contribution in [0.3, 0.4) is 0 Å². The normalized spacial score (nSPS) is 8.31. The van der Waals surface area contributed by atoms with Gasteiger partial charge in [-0.05, 0) is 0 Å². The molecule has 0 spiro atoms. The van der Waals surface area contributed by atoms with Crippen LogP contribution in [0.25, 0.3) is 0 Å². The molecule has 0 aromatic heterocycles. The molecule has 0 fully saturated rings. The fourth-order valence-electron chi connectivity index (χ4n) is 0. The quantitative estimate of drug-likeness (QED) is 0.498. The maximum absolute atomic E-state index is 4.62. The van der Waals surface area contributed by atoms with E-state index in [9.17, 15) is 0 Å². The van der Waals surface area contributed by atoms with Crippen molar-refractivity contribution in [3.05, 3.63) is 0 Å². The van der Waals surface area contributed by atoms with Crippen LogP contribution in [0.4, 0.5) is 0 Å². The van der Waals surface area contributed by atoms with Crippen molar-refractivity contribution in [3.8, 4) is 0 Å². The summed E-state index contributed by atoms with van der Waals surface area (Å²) >= 11 is 13.9. The molecule has 0 aliphatic rings. The summed E-state index contributed by atoms with van der Waals surface area (Å²) in [6.07, 6.45) is 0. The van der Waals surface area contributed by atoms with Crippen molar-refractivity contribution in [2.24, 2.45) is 0 Å². The topological polar surface area (TPSA) is 0 Å². The molecule has 0 aliphatic heterocycles. The summed E-state index contributed by atoms with van der Waals surface area (Å²) in [7, 11) is 0. The zero-order chi connectivity index (χ0) is 10.7. The molecule has 78 valence electrons. The van der Waals surface area contributed by atoms with E-state index >= 15 is 0 Å². The van der Waals surface area contributed by atoms with E-state index < -0.39 is 0 Å². The Hall–Kier alpha value is 1.69. The molecule has 0 heterocycles. The van der Waals surface area contributed by atoms with Crippen LogP contribution in [0.1, 0.15) is 41.5 Å². The molecule has 0 rings (SSSR count). The number of hydrogen-bond acceptors (Lipinski definition) is 3. The van der Waals surface area contributed by atoms with E-state index in [-0.39, 0.29) is 19.8 Å². The van der Waals surface area contributed by atoms with Gasteiger partial charge in [0.15, 0.2) is 0 Å². The fourth-order valence-corrected chi connectivity index (χ4v) is 0. The zero-order valence-corrected chi connectivity index (χ0v) is 14.4. The summed E-state index contributed by atoms with van der Waals surface area (Å²) in [5.74, 6) is 0. The van der Waals surface area contributed by atoms with Crippen LogP contribution in [0.15, 0.2) is 0 Å². The van der Waals surface area contributed by atoms with E-state index in [1.165, 1.54) is 0 Å². The predicted octanol–water partition coefficient (Wildman–Crippen LogP) is 2.44. The van der Waals surface area contributed by atoms with Gasteiger partial charge in [-0.1, -0.05) is 41.5 Å². The van der Waals surface area contributed by atoms with Gasteiger partial charge in [0.2, 0.25) is 0 Å². The molecule has 0 unspecified atom stereocenters. The third-order valence-corrected chi connectivity index (χ3v) is 0. The average Bonchev–Trinajstić information content (AvgIpc) is 1.54. The molecule has 0 saturated heterocycles. The van der Waals surface area contributed by atoms with Crippen LogP contribution in [0.5, 0.6) is 0 Å². The fraction of sp³-hybridized carbons (Fsp3) is 1.00. The van der Waals surface area contributed by atoms with E-state index in [0.29, 0.717) is 15.7 Å². The van der Waals surface area contributed by atoms with Gasteiger partial charge in [0, 0.05) is 0 Å². The van der Waals surface area contributed by atoms with Crippen LogP contribution in [0, 0.1) is 0 Å². The largest absolute Gasteiger partial charge is 3.00 e. The van der Waals surface area contributed by atoms with Gasteiger partial charge in [-0.15, -0.1) is 0 Å². The summed E-state index contributed by atoms with van der Waals surface area (Å²) < 4.78 is 0. The second-order valence-electron chi connectivity index (χ2n) is 3.15. The first kappa shape index (κ1) is 24.1. The molecule has 0 bridgehead atoms. The Morgan fingerprint density at radius 3 is 0.538 bits per heavy atom. The SMILES string of the molecule is CC(C)[S-].CC(C)[S-].CC(C)[S-].[Ga+3]. The van der Waals surface area contributed by atoms with Crippen molar-refractivity contribution in [1.82, 2.24) is 0 Å². The molecule has 0 aliphatic carbocycles. The van der Waals surface area contributed by atoms with Crippen molar-refractivity contribution >= 4 is 57.7 Å². The van der Waals surface area contributed by atoms with Gasteiger partial charge in [-0.25, -0.2) is 0 Å². The molecule has 4 heteroatoms. The standard InChI is InChI=1S/3C3H8S.Ga/c3*1-3(2)4;/h3*3-4H,1-2H3;/q;;;+3/p-3. The van der Waals surface area contributed by atoms with Crippen LogP contribution >= 0.6 is 0 Å². The van der Waals surface area contributed by atoms with Crippen molar-refractivity contribution in [2.75, 3.05) is 0 Å². The maximum atomic E-state index is 4.62. The zero-order valence-electron chi connectivity index (χ0n) is 9.53. The molecular formula is C9H21GaS3. The molecule has 0 nitrogen and oxygen atoms in total. The Bertz CT molecular complexity index is 43.4. The van der Waals surface area contributed by atoms with Crippen molar-refractivity contribution in [1.29, 1.82) is 0 Å². The summed E-state index contributed by atoms with van der Waals surface area (Å²) in [6.45, 7) is 11.9. The summed E-state index contributed by atoms with van der Waals surface area (Å²) in [5.41, 5.74) is 0. The van der Waals surface area contributed by atoms with E-state index in [1.54, 1.807) is 0 Å². The molecule has 0 amide bonds. The Morgan fingerprint density at radius 2 is 0.538 bits per heavy atom. The van der Waals surface area contributed by atoms with Gasteiger partial charge in [-0.3, -0.25) is 0 Å². The second kappa shape index (κ2) is 19.3. The number of hydrogen-bond donors (Lipinski definition) is 0. The van der Waals surface area contributed by atoms with Crippen molar-refractivity contribution in [3.63, 3.8) is 0 Å². The summed E-state index contributed by atoms with van der Waals surface area (Å²) in [6, 6.07) is 0. The predicted molar refractivity (Wildman–Crippen MR) is 73.3 cm³/mol. The van der Waals surface area contributed by atoms with Gasteiger partial charge < -0.3 is 37.9 Å². The Labute approximate surface area is 114 Å². The van der Waals surface area contributed by atoms with Crippen LogP contribution in [-0.4, -0.2) is 35.5 Å². The minimum Gasteiger partial charge on any atom is -0.790 e. The van der Waals surface area contributed by atoms with Crippen LogP contribution in [0.2, 0.25) is 0 Å². The first-order chi connectivity index (χ1) is 5.20. The van der Waals surface area contributed by atoms with E-state index in [2.05, 4.69) is 37.9 Å². The molecule has 0 aromatic rings. The third kappa shape index (κ3) is 657. The molecule has 0 N–H and O–H groups in total. The molecule has 13 heavy (non-hydrogen) atoms. The minimum atomic E-state index is 0. The van der Waals surface area contributed by atoms with Gasteiger partial charge >= 0.3 is 19.8 Å². The minimum absolute atomic E-state index is 0. The molecule has 0 saturated carbocycles. The third-order valence-electron chi connectivity index (χ3n) is 0. The van der Waals surface area contributed by atoms with Crippen molar-refractivity contribution in [2.45, 2.75) is 57.3 Å². The van der Waals surface area contributed by atoms with Gasteiger partial charge in [-0.2, -0.15) is 15.7 Å². The van der Waals surface area contributed by atoms with Crippen LogP contribution < -0.4 is 0 Å². The Kier molecular flexibility index (Phi) is 35.7. The van der Waals surface area contributed by atoms with Crippen molar-refractivity contribution < 1.29 is 0 Å². The van der Waals surface area contributed by atoms with E-state index in [0.717, 1.165) is 0 Å². The first-order valence-corrected chi connectivity index (χ1v) is 5.59. The smallest absolute Gasteiger partial charge is 0.790 e. The molecule has 0 aromatic carbocycles. The maximum Gasteiger partial charge on any atom is 3.00 e. The average molecular weight is 295 g/mol. The summed E-state index contributed by atoms with van der Waals surface area (Å²) in [5, 5.41) is 1.25. The Morgan fingerprint density at radius 1 is 0.538 bits per heavy atom. The first-order valence-electron chi connectivity index (χ1n) is 4.17. The van der Waals surface area contributed by atoms with E-state index in [4.69, 9.17) is 0 Å². The second-order valence-corrected chi connectivity index (χ2v) is 5.97. The van der Waals surface area contributed by atoms with Gasteiger partial charge in [0.1, 0.15) is 0 Å². The van der Waals surface area contributed by atoms with E-state index in [1.807, 2.05) is 41.5 Å². The molecule has 0 radical (unpaired) electrons. The Balaban J connectivity index is -0.0000000450. The van der Waals surface area contributed by atoms with Gasteiger partial charge in [0.25, 0.3) is 0 Å². The molecular weight excluding hydrogens is 274 g/mol. The summed E-state index contributed by atoms with van der Waals surface area (Å²) in [4.78, 5) is 0. The number of rotatable bonds is 0. The van der Waals surface area contributed by atoms with Gasteiger partial charge in [0.05, 0.1) is 0 Å². The monoisotopic (exact) mass is 294 g/mol. The molecule has 0 atom stereocenters. The van der Waals surface area contributed by atoms with Crippen LogP contribution in [-0.2, 0) is 37.9 Å².